The predicted molar refractivity (Wildman–Crippen MR) is 414 cm³/mol. The summed E-state index contributed by atoms with van der Waals surface area (Å²) < 4.78 is 68.8. The lowest BCUT2D eigenvalue weighted by molar-refractivity contribution is -0.161. The van der Waals surface area contributed by atoms with E-state index in [2.05, 4.69) is 34.6 Å². The maximum atomic E-state index is 13.1. The van der Waals surface area contributed by atoms with E-state index >= 15 is 0 Å². The van der Waals surface area contributed by atoms with Crippen LogP contribution in [0.15, 0.2) is 0 Å². The molecule has 3 N–H and O–H groups in total. The second-order valence-electron chi connectivity index (χ2n) is 29.8. The molecule has 0 radical (unpaired) electrons. The van der Waals surface area contributed by atoms with Crippen LogP contribution >= 0.6 is 15.6 Å². The van der Waals surface area contributed by atoms with Crippen molar-refractivity contribution in [3.05, 3.63) is 0 Å². The Morgan fingerprint density at radius 3 is 0.703 bits per heavy atom. The van der Waals surface area contributed by atoms with Crippen molar-refractivity contribution in [2.75, 3.05) is 39.6 Å². The van der Waals surface area contributed by atoms with Crippen molar-refractivity contribution in [1.29, 1.82) is 0 Å². The molecule has 0 rings (SSSR count). The minimum absolute atomic E-state index is 0.108. The van der Waals surface area contributed by atoms with Gasteiger partial charge in [0.05, 0.1) is 26.4 Å². The maximum Gasteiger partial charge on any atom is 0.472 e. The van der Waals surface area contributed by atoms with Gasteiger partial charge < -0.3 is 33.8 Å². The standard InChI is InChI=1S/C82H160O17P2/c1-6-10-13-16-19-22-25-28-31-33-34-36-39-42-45-48-51-58-63-67-81(86)98-77(71-92-79(84)65-60-55-49-46-43-40-38-35-32-29-26-23-20-17-14-11-7-2)73-96-100(88,89)94-69-76(83)70-95-101(90,91)97-74-78(72-93-80(85)66-61-56-53-52-54-59-64-75(5)9-4)99-82(87)68-62-57-50-47-44-41-37-30-27-24-21-18-15-12-8-3/h75-78,83H,6-74H2,1-5H3,(H,88,89)(H,90,91)/t75?,76-,77-,78-/m1/s1. The zero-order valence-corrected chi connectivity index (χ0v) is 67.8. The summed E-state index contributed by atoms with van der Waals surface area (Å²) in [5.74, 6) is -1.37. The van der Waals surface area contributed by atoms with E-state index < -0.39 is 97.5 Å². The third-order valence-corrected chi connectivity index (χ3v) is 21.5. The Kier molecular flexibility index (Phi) is 73.5. The smallest absolute Gasteiger partial charge is 0.462 e. The van der Waals surface area contributed by atoms with Crippen LogP contribution in [-0.4, -0.2) is 96.7 Å². The highest BCUT2D eigenvalue weighted by Crippen LogP contribution is 2.45. The molecule has 3 unspecified atom stereocenters. The first-order valence-corrected chi connectivity index (χ1v) is 45.7. The first-order valence-electron chi connectivity index (χ1n) is 42.7. The Morgan fingerprint density at radius 2 is 0.475 bits per heavy atom. The molecule has 101 heavy (non-hydrogen) atoms. The van der Waals surface area contributed by atoms with Gasteiger partial charge in [-0.05, 0) is 31.6 Å². The van der Waals surface area contributed by atoms with Gasteiger partial charge >= 0.3 is 39.5 Å². The molecule has 0 aliphatic heterocycles. The van der Waals surface area contributed by atoms with E-state index in [0.29, 0.717) is 25.7 Å². The van der Waals surface area contributed by atoms with Gasteiger partial charge in [0.2, 0.25) is 0 Å². The Labute approximate surface area is 619 Å². The van der Waals surface area contributed by atoms with Crippen LogP contribution in [-0.2, 0) is 65.4 Å². The van der Waals surface area contributed by atoms with Crippen molar-refractivity contribution in [3.63, 3.8) is 0 Å². The Bertz CT molecular complexity index is 1930. The van der Waals surface area contributed by atoms with E-state index in [-0.39, 0.29) is 25.7 Å². The van der Waals surface area contributed by atoms with Crippen LogP contribution in [0.3, 0.4) is 0 Å². The van der Waals surface area contributed by atoms with Gasteiger partial charge in [-0.1, -0.05) is 388 Å². The van der Waals surface area contributed by atoms with Crippen LogP contribution in [0.1, 0.15) is 439 Å². The van der Waals surface area contributed by atoms with E-state index in [4.69, 9.17) is 37.0 Å². The molecule has 600 valence electrons. The van der Waals surface area contributed by atoms with Gasteiger partial charge in [0, 0.05) is 25.7 Å². The largest absolute Gasteiger partial charge is 0.472 e. The fraction of sp³-hybridized carbons (Fsp3) is 0.951. The molecule has 17 nitrogen and oxygen atoms in total. The van der Waals surface area contributed by atoms with Crippen molar-refractivity contribution in [3.8, 4) is 0 Å². The topological polar surface area (TPSA) is 237 Å². The van der Waals surface area contributed by atoms with Gasteiger partial charge in [-0.3, -0.25) is 37.3 Å². The molecular formula is C82H160O17P2. The molecule has 0 amide bonds. The molecule has 0 aromatic heterocycles. The summed E-state index contributed by atoms with van der Waals surface area (Å²) in [5, 5.41) is 10.6. The van der Waals surface area contributed by atoms with Gasteiger partial charge in [0.25, 0.3) is 0 Å². The SMILES string of the molecule is CCCCCCCCCCCCCCCCCCCCCC(=O)O[C@H](COC(=O)CCCCCCCCCCCCCCCCCCC)COP(=O)(O)OC[C@@H](O)COP(=O)(O)OC[C@@H](COC(=O)CCCCCCCCC(C)CC)OC(=O)CCCCCCCCCCCCCCCCC. The number of carbonyl (C=O) groups is 4. The van der Waals surface area contributed by atoms with Crippen molar-refractivity contribution >= 4 is 39.5 Å². The molecular weight excluding hydrogens is 1320 g/mol. The number of phosphoric ester groups is 2. The molecule has 0 heterocycles. The summed E-state index contributed by atoms with van der Waals surface area (Å²) in [7, 11) is -9.92. The summed E-state index contributed by atoms with van der Waals surface area (Å²) in [6.07, 6.45) is 66.6. The van der Waals surface area contributed by atoms with E-state index in [1.807, 2.05) is 0 Å². The van der Waals surface area contributed by atoms with Gasteiger partial charge in [0.1, 0.15) is 19.3 Å². The highest BCUT2D eigenvalue weighted by atomic mass is 31.2. The number of hydrogen-bond donors (Lipinski definition) is 3. The average Bonchev–Trinajstić information content (AvgIpc) is 1.11. The molecule has 19 heteroatoms. The third kappa shape index (κ3) is 74.7. The Hall–Kier alpha value is -1.94. The average molecular weight is 1480 g/mol. The van der Waals surface area contributed by atoms with E-state index in [9.17, 15) is 43.2 Å². The molecule has 0 aromatic rings. The number of aliphatic hydroxyl groups excluding tert-OH is 1. The van der Waals surface area contributed by atoms with Gasteiger partial charge in [-0.2, -0.15) is 0 Å². The number of phosphoric acid groups is 2. The fourth-order valence-corrected chi connectivity index (χ4v) is 14.3. The van der Waals surface area contributed by atoms with Gasteiger partial charge in [-0.15, -0.1) is 0 Å². The second kappa shape index (κ2) is 74.9. The molecule has 0 bridgehead atoms. The number of rotatable bonds is 82. The Balaban J connectivity index is 5.24. The summed E-state index contributed by atoms with van der Waals surface area (Å²) in [4.78, 5) is 73.1. The van der Waals surface area contributed by atoms with Crippen molar-refractivity contribution in [2.24, 2.45) is 5.92 Å². The van der Waals surface area contributed by atoms with Crippen LogP contribution in [0.25, 0.3) is 0 Å². The maximum absolute atomic E-state index is 13.1. The first-order chi connectivity index (χ1) is 49.1. The lowest BCUT2D eigenvalue weighted by Crippen LogP contribution is -2.30. The summed E-state index contributed by atoms with van der Waals surface area (Å²) >= 11 is 0. The number of ether oxygens (including phenoxy) is 4. The lowest BCUT2D eigenvalue weighted by atomic mass is 10.00. The van der Waals surface area contributed by atoms with Gasteiger partial charge in [-0.25, -0.2) is 9.13 Å². The zero-order valence-electron chi connectivity index (χ0n) is 66.1. The number of aliphatic hydroxyl groups is 1. The number of esters is 4. The predicted octanol–water partition coefficient (Wildman–Crippen LogP) is 24.8. The van der Waals surface area contributed by atoms with E-state index in [1.54, 1.807) is 0 Å². The number of hydrogen-bond acceptors (Lipinski definition) is 15. The monoisotopic (exact) mass is 1480 g/mol. The van der Waals surface area contributed by atoms with Crippen molar-refractivity contribution in [1.82, 2.24) is 0 Å². The fourth-order valence-electron chi connectivity index (χ4n) is 12.7. The molecule has 0 fully saturated rings. The van der Waals surface area contributed by atoms with Crippen LogP contribution in [0.2, 0.25) is 0 Å². The lowest BCUT2D eigenvalue weighted by Gasteiger charge is -2.21. The quantitative estimate of drug-likeness (QED) is 0.0222. The summed E-state index contributed by atoms with van der Waals surface area (Å²) in [6.45, 7) is 7.30. The van der Waals surface area contributed by atoms with E-state index in [1.165, 1.54) is 257 Å². The van der Waals surface area contributed by atoms with E-state index in [0.717, 1.165) is 102 Å². The minimum Gasteiger partial charge on any atom is -0.462 e. The normalized spacial score (nSPS) is 14.1. The molecule has 0 spiro atoms. The molecule has 6 atom stereocenters. The summed E-state index contributed by atoms with van der Waals surface area (Å²) in [5.41, 5.74) is 0. The summed E-state index contributed by atoms with van der Waals surface area (Å²) in [6, 6.07) is 0. The molecule has 0 aliphatic rings. The highest BCUT2D eigenvalue weighted by Gasteiger charge is 2.30. The van der Waals surface area contributed by atoms with Crippen molar-refractivity contribution in [2.45, 2.75) is 457 Å². The first kappa shape index (κ1) is 99.1. The highest BCUT2D eigenvalue weighted by molar-refractivity contribution is 7.47. The molecule has 0 saturated heterocycles. The minimum atomic E-state index is -4.96. The third-order valence-electron chi connectivity index (χ3n) is 19.6. The number of unbranched alkanes of at least 4 members (excludes halogenated alkanes) is 53. The van der Waals surface area contributed by atoms with Crippen LogP contribution in [0.4, 0.5) is 0 Å². The Morgan fingerprint density at radius 1 is 0.277 bits per heavy atom. The van der Waals surface area contributed by atoms with Crippen molar-refractivity contribution < 1.29 is 80.2 Å². The molecule has 0 saturated carbocycles. The molecule has 0 aliphatic carbocycles. The molecule has 0 aromatic carbocycles. The van der Waals surface area contributed by atoms with Crippen LogP contribution < -0.4 is 0 Å². The van der Waals surface area contributed by atoms with Crippen LogP contribution in [0.5, 0.6) is 0 Å². The zero-order chi connectivity index (χ0) is 74.1. The number of carbonyl (C=O) groups excluding carboxylic acids is 4. The second-order valence-corrected chi connectivity index (χ2v) is 32.7. The van der Waals surface area contributed by atoms with Gasteiger partial charge in [0.15, 0.2) is 12.2 Å². The van der Waals surface area contributed by atoms with Crippen LogP contribution in [0, 0.1) is 5.92 Å².